The van der Waals surface area contributed by atoms with E-state index in [-0.39, 0.29) is 30.7 Å². The number of benzene rings is 1. The maximum atomic E-state index is 12.4. The topological polar surface area (TPSA) is 70.2 Å². The van der Waals surface area contributed by atoms with E-state index in [1.165, 1.54) is 25.9 Å². The lowest BCUT2D eigenvalue weighted by atomic mass is 10.2. The van der Waals surface area contributed by atoms with Crippen molar-refractivity contribution in [2.75, 3.05) is 44.7 Å². The minimum absolute atomic E-state index is 0.0243. The Morgan fingerprint density at radius 3 is 2.23 bits per heavy atom. The van der Waals surface area contributed by atoms with Gasteiger partial charge < -0.3 is 19.4 Å². The van der Waals surface area contributed by atoms with Gasteiger partial charge in [-0.15, -0.1) is 0 Å². The molecule has 1 fully saturated rings. The fourth-order valence-electron chi connectivity index (χ4n) is 2.93. The number of piperazine rings is 1. The van der Waals surface area contributed by atoms with Crippen molar-refractivity contribution in [1.29, 1.82) is 0 Å². The summed E-state index contributed by atoms with van der Waals surface area (Å²) in [7, 11) is 1.52. The Balaban J connectivity index is 1.96. The van der Waals surface area contributed by atoms with Crippen LogP contribution in [-0.4, -0.2) is 67.4 Å². The van der Waals surface area contributed by atoms with Gasteiger partial charge in [0.15, 0.2) is 0 Å². The lowest BCUT2D eigenvalue weighted by molar-refractivity contribution is -0.138. The third-order valence-electron chi connectivity index (χ3n) is 4.45. The van der Waals surface area contributed by atoms with Crippen LogP contribution in [0.3, 0.4) is 0 Å². The maximum Gasteiger partial charge on any atom is 0.224 e. The molecule has 8 heteroatoms. The molecule has 0 saturated carbocycles. The van der Waals surface area contributed by atoms with Crippen LogP contribution in [0.1, 0.15) is 20.3 Å². The average Bonchev–Trinajstić information content (AvgIpc) is 2.61. The summed E-state index contributed by atoms with van der Waals surface area (Å²) in [5.41, 5.74) is 0.623. The summed E-state index contributed by atoms with van der Waals surface area (Å²) < 4.78 is 5.12. The second-order valence-electron chi connectivity index (χ2n) is 6.13. The predicted octanol–water partition coefficient (Wildman–Crippen LogP) is 1.78. The Hall–Kier alpha value is -2.28. The molecule has 142 valence electrons. The van der Waals surface area contributed by atoms with Gasteiger partial charge in [0.25, 0.3) is 0 Å². The highest BCUT2D eigenvalue weighted by atomic mass is 35.5. The monoisotopic (exact) mass is 381 g/mol. The van der Waals surface area contributed by atoms with Gasteiger partial charge in [-0.05, 0) is 18.2 Å². The van der Waals surface area contributed by atoms with Gasteiger partial charge in [0.1, 0.15) is 5.75 Å². The van der Waals surface area contributed by atoms with Gasteiger partial charge in [-0.1, -0.05) is 11.6 Å². The van der Waals surface area contributed by atoms with Crippen LogP contribution in [0.2, 0.25) is 5.02 Å². The molecule has 7 nitrogen and oxygen atoms in total. The summed E-state index contributed by atoms with van der Waals surface area (Å²) in [6.07, 6.45) is 0.212. The van der Waals surface area contributed by atoms with E-state index in [1.807, 2.05) is 0 Å². The number of anilines is 1. The molecule has 1 aromatic rings. The molecule has 1 heterocycles. The first-order valence-corrected chi connectivity index (χ1v) is 8.86. The van der Waals surface area contributed by atoms with E-state index in [4.69, 9.17) is 16.3 Å². The van der Waals surface area contributed by atoms with Crippen molar-refractivity contribution in [2.24, 2.45) is 0 Å². The van der Waals surface area contributed by atoms with Crippen molar-refractivity contribution in [3.8, 4) is 5.75 Å². The van der Waals surface area contributed by atoms with E-state index in [9.17, 15) is 14.4 Å². The predicted molar refractivity (Wildman–Crippen MR) is 99.5 cm³/mol. The number of hydrogen-bond donors (Lipinski definition) is 0. The van der Waals surface area contributed by atoms with Crippen LogP contribution in [0.4, 0.5) is 5.69 Å². The summed E-state index contributed by atoms with van der Waals surface area (Å²) in [4.78, 5) is 40.8. The Bertz CT molecular complexity index is 687. The van der Waals surface area contributed by atoms with Crippen LogP contribution in [0, 0.1) is 0 Å². The van der Waals surface area contributed by atoms with E-state index in [1.54, 1.807) is 28.0 Å². The number of carbonyl (C=O) groups excluding carboxylic acids is 3. The van der Waals surface area contributed by atoms with Gasteiger partial charge in [-0.3, -0.25) is 14.4 Å². The van der Waals surface area contributed by atoms with Crippen molar-refractivity contribution in [2.45, 2.75) is 20.3 Å². The smallest absolute Gasteiger partial charge is 0.224 e. The van der Waals surface area contributed by atoms with Gasteiger partial charge in [-0.2, -0.15) is 0 Å². The highest BCUT2D eigenvalue weighted by Crippen LogP contribution is 2.29. The summed E-state index contributed by atoms with van der Waals surface area (Å²) in [5.74, 6) is 0.356. The lowest BCUT2D eigenvalue weighted by Gasteiger charge is -2.34. The van der Waals surface area contributed by atoms with Crippen molar-refractivity contribution < 1.29 is 19.1 Å². The van der Waals surface area contributed by atoms with Gasteiger partial charge in [0.2, 0.25) is 17.7 Å². The first-order chi connectivity index (χ1) is 12.3. The van der Waals surface area contributed by atoms with Crippen LogP contribution in [0.25, 0.3) is 0 Å². The molecular weight excluding hydrogens is 358 g/mol. The van der Waals surface area contributed by atoms with Crippen LogP contribution < -0.4 is 9.64 Å². The van der Waals surface area contributed by atoms with Crippen molar-refractivity contribution >= 4 is 35.0 Å². The number of hydrogen-bond acceptors (Lipinski definition) is 4. The zero-order valence-corrected chi connectivity index (χ0v) is 16.1. The molecular formula is C18H24ClN3O4. The first-order valence-electron chi connectivity index (χ1n) is 8.48. The molecule has 1 aromatic carbocycles. The molecule has 0 atom stereocenters. The molecule has 0 bridgehead atoms. The lowest BCUT2D eigenvalue weighted by Crippen LogP contribution is -2.50. The molecule has 26 heavy (non-hydrogen) atoms. The van der Waals surface area contributed by atoms with Gasteiger partial charge >= 0.3 is 0 Å². The number of nitrogens with zero attached hydrogens (tertiary/aromatic N) is 3. The molecule has 2 rings (SSSR count). The number of ether oxygens (including phenoxy) is 1. The van der Waals surface area contributed by atoms with E-state index >= 15 is 0 Å². The molecule has 0 spiro atoms. The average molecular weight is 382 g/mol. The summed E-state index contributed by atoms with van der Waals surface area (Å²) in [6, 6.07) is 5.08. The number of halogens is 1. The number of carbonyl (C=O) groups is 3. The second kappa shape index (κ2) is 8.89. The van der Waals surface area contributed by atoms with Crippen LogP contribution in [-0.2, 0) is 14.4 Å². The van der Waals surface area contributed by atoms with Crippen molar-refractivity contribution in [1.82, 2.24) is 9.80 Å². The summed E-state index contributed by atoms with van der Waals surface area (Å²) in [5, 5.41) is 0.405. The highest BCUT2D eigenvalue weighted by Gasteiger charge is 2.23. The third kappa shape index (κ3) is 4.88. The normalized spacial score (nSPS) is 14.2. The maximum absolute atomic E-state index is 12.4. The van der Waals surface area contributed by atoms with Gasteiger partial charge in [-0.25, -0.2) is 0 Å². The Morgan fingerprint density at radius 2 is 1.73 bits per heavy atom. The fourth-order valence-corrected chi connectivity index (χ4v) is 3.18. The SMILES string of the molecule is COc1ccc(N(CCC(=O)N2CCN(C(C)=O)CC2)C(C)=O)cc1Cl. The van der Waals surface area contributed by atoms with Crippen LogP contribution in [0.5, 0.6) is 5.75 Å². The Morgan fingerprint density at radius 1 is 1.12 bits per heavy atom. The van der Waals surface area contributed by atoms with E-state index < -0.39 is 0 Å². The fraction of sp³-hybridized carbons (Fsp3) is 0.500. The van der Waals surface area contributed by atoms with E-state index in [2.05, 4.69) is 0 Å². The quantitative estimate of drug-likeness (QED) is 0.779. The number of amides is 3. The third-order valence-corrected chi connectivity index (χ3v) is 4.75. The number of methoxy groups -OCH3 is 1. The standard InChI is InChI=1S/C18H24ClN3O4/c1-13(23)20-8-10-21(11-9-20)18(25)6-7-22(14(2)24)15-4-5-17(26-3)16(19)12-15/h4-5,12H,6-11H2,1-3H3. The van der Waals surface area contributed by atoms with Crippen molar-refractivity contribution in [3.63, 3.8) is 0 Å². The van der Waals surface area contributed by atoms with E-state index in [0.717, 1.165) is 0 Å². The molecule has 1 saturated heterocycles. The Labute approximate surface area is 158 Å². The first kappa shape index (κ1) is 20.0. The van der Waals surface area contributed by atoms with E-state index in [0.29, 0.717) is 42.6 Å². The van der Waals surface area contributed by atoms with Crippen LogP contribution >= 0.6 is 11.6 Å². The molecule has 3 amide bonds. The molecule has 0 N–H and O–H groups in total. The second-order valence-corrected chi connectivity index (χ2v) is 6.53. The highest BCUT2D eigenvalue weighted by molar-refractivity contribution is 6.32. The molecule has 0 radical (unpaired) electrons. The van der Waals surface area contributed by atoms with Crippen LogP contribution in [0.15, 0.2) is 18.2 Å². The molecule has 1 aliphatic rings. The molecule has 0 unspecified atom stereocenters. The summed E-state index contributed by atoms with van der Waals surface area (Å²) >= 11 is 6.13. The number of rotatable bonds is 5. The van der Waals surface area contributed by atoms with Gasteiger partial charge in [0, 0.05) is 58.7 Å². The Kier molecular flexibility index (Phi) is 6.85. The largest absolute Gasteiger partial charge is 0.495 e. The molecule has 0 aliphatic carbocycles. The minimum Gasteiger partial charge on any atom is -0.495 e. The molecule has 0 aromatic heterocycles. The zero-order chi connectivity index (χ0) is 19.3. The summed E-state index contributed by atoms with van der Waals surface area (Å²) in [6.45, 7) is 5.39. The molecule has 1 aliphatic heterocycles. The minimum atomic E-state index is -0.166. The zero-order valence-electron chi connectivity index (χ0n) is 15.3. The van der Waals surface area contributed by atoms with Gasteiger partial charge in [0.05, 0.1) is 12.1 Å². The van der Waals surface area contributed by atoms with Crippen molar-refractivity contribution in [3.05, 3.63) is 23.2 Å².